The Kier molecular flexibility index (Phi) is 4.28. The zero-order valence-electron chi connectivity index (χ0n) is 6.16. The Labute approximate surface area is 59.8 Å². The Morgan fingerprint density at radius 3 is 2.50 bits per heavy atom. The molecule has 0 heterocycles. The van der Waals surface area contributed by atoms with Crippen molar-refractivity contribution in [2.24, 2.45) is 0 Å². The van der Waals surface area contributed by atoms with Crippen molar-refractivity contribution >= 4 is 12.5 Å². The predicted octanol–water partition coefficient (Wildman–Crippen LogP) is 0.621. The summed E-state index contributed by atoms with van der Waals surface area (Å²) in [6, 6.07) is 0. The fraction of sp³-hybridized carbons (Fsp3) is 0.667. The number of rotatable bonds is 3. The van der Waals surface area contributed by atoms with Gasteiger partial charge < -0.3 is 4.74 Å². The number of carbonyl (C=O) groups is 2. The van der Waals surface area contributed by atoms with Crippen molar-refractivity contribution < 1.29 is 14.3 Å². The van der Waals surface area contributed by atoms with E-state index in [1.807, 2.05) is 0 Å². The van der Waals surface area contributed by atoms with Crippen LogP contribution < -0.4 is 0 Å². The summed E-state index contributed by atoms with van der Waals surface area (Å²) in [7, 11) is 0. The second-order valence-corrected chi connectivity index (χ2v) is 1.59. The molecule has 0 aliphatic heterocycles. The van der Waals surface area contributed by atoms with Crippen LogP contribution in [0.3, 0.4) is 0 Å². The number of amides is 2. The van der Waals surface area contributed by atoms with E-state index in [-0.39, 0.29) is 0 Å². The summed E-state index contributed by atoms with van der Waals surface area (Å²) in [6.07, 6.45) is -0.127. The summed E-state index contributed by atoms with van der Waals surface area (Å²) in [5.41, 5.74) is 0. The minimum atomic E-state index is -0.583. The van der Waals surface area contributed by atoms with Crippen LogP contribution in [-0.4, -0.2) is 30.6 Å². The third-order valence-corrected chi connectivity index (χ3v) is 0.970. The molecule has 10 heavy (non-hydrogen) atoms. The second-order valence-electron chi connectivity index (χ2n) is 1.59. The number of carbonyl (C=O) groups excluding carboxylic acids is 2. The van der Waals surface area contributed by atoms with E-state index in [1.165, 1.54) is 0 Å². The molecule has 0 aromatic heterocycles. The van der Waals surface area contributed by atoms with Gasteiger partial charge in [-0.05, 0) is 13.8 Å². The topological polar surface area (TPSA) is 46.6 Å². The van der Waals surface area contributed by atoms with Crippen LogP contribution in [0.2, 0.25) is 0 Å². The average molecular weight is 145 g/mol. The van der Waals surface area contributed by atoms with Crippen molar-refractivity contribution in [2.45, 2.75) is 13.8 Å². The standard InChI is InChI=1S/C6H11NO3/c1-3-7(5-8)6(9)10-4-2/h5H,3-4H2,1-2H3. The molecule has 0 spiro atoms. The largest absolute Gasteiger partial charge is 0.449 e. The van der Waals surface area contributed by atoms with E-state index >= 15 is 0 Å². The first-order valence-corrected chi connectivity index (χ1v) is 3.14. The van der Waals surface area contributed by atoms with E-state index in [2.05, 4.69) is 4.74 Å². The van der Waals surface area contributed by atoms with Gasteiger partial charge in [0.2, 0.25) is 6.41 Å². The Morgan fingerprint density at radius 2 is 2.20 bits per heavy atom. The lowest BCUT2D eigenvalue weighted by molar-refractivity contribution is -0.116. The van der Waals surface area contributed by atoms with E-state index in [9.17, 15) is 9.59 Å². The number of hydrogen-bond acceptors (Lipinski definition) is 3. The minimum absolute atomic E-state index is 0.295. The van der Waals surface area contributed by atoms with Crippen LogP contribution >= 0.6 is 0 Å². The van der Waals surface area contributed by atoms with Gasteiger partial charge in [0.25, 0.3) is 0 Å². The molecule has 4 heteroatoms. The van der Waals surface area contributed by atoms with E-state index in [0.717, 1.165) is 4.90 Å². The average Bonchev–Trinajstić information content (AvgIpc) is 1.91. The summed E-state index contributed by atoms with van der Waals surface area (Å²) in [6.45, 7) is 4.04. The summed E-state index contributed by atoms with van der Waals surface area (Å²) >= 11 is 0. The van der Waals surface area contributed by atoms with Crippen molar-refractivity contribution in [3.05, 3.63) is 0 Å². The Bertz CT molecular complexity index is 124. The lowest BCUT2D eigenvalue weighted by atomic mass is 10.6. The quantitative estimate of drug-likeness (QED) is 0.547. The van der Waals surface area contributed by atoms with Crippen molar-refractivity contribution in [1.29, 1.82) is 0 Å². The van der Waals surface area contributed by atoms with Crippen molar-refractivity contribution in [3.8, 4) is 0 Å². The lowest BCUT2D eigenvalue weighted by Crippen LogP contribution is -2.29. The molecular weight excluding hydrogens is 134 g/mol. The highest BCUT2D eigenvalue weighted by molar-refractivity contribution is 5.80. The van der Waals surface area contributed by atoms with E-state index in [0.29, 0.717) is 19.6 Å². The smallest absolute Gasteiger partial charge is 0.416 e. The molecule has 0 aromatic carbocycles. The zero-order chi connectivity index (χ0) is 7.98. The third-order valence-electron chi connectivity index (χ3n) is 0.970. The molecule has 0 fully saturated rings. The maximum atomic E-state index is 10.7. The van der Waals surface area contributed by atoms with E-state index < -0.39 is 6.09 Å². The molecule has 2 amide bonds. The van der Waals surface area contributed by atoms with Crippen molar-refractivity contribution in [2.75, 3.05) is 13.2 Å². The molecule has 0 atom stereocenters. The van der Waals surface area contributed by atoms with Gasteiger partial charge in [-0.3, -0.25) is 9.69 Å². The van der Waals surface area contributed by atoms with Gasteiger partial charge in [-0.15, -0.1) is 0 Å². The fourth-order valence-corrected chi connectivity index (χ4v) is 0.453. The Morgan fingerprint density at radius 1 is 1.60 bits per heavy atom. The van der Waals surface area contributed by atoms with Gasteiger partial charge in [-0.2, -0.15) is 0 Å². The van der Waals surface area contributed by atoms with Gasteiger partial charge in [0.05, 0.1) is 6.61 Å². The maximum Gasteiger partial charge on any atom is 0.416 e. The fourth-order valence-electron chi connectivity index (χ4n) is 0.453. The lowest BCUT2D eigenvalue weighted by Gasteiger charge is -2.10. The number of ether oxygens (including phenoxy) is 1. The highest BCUT2D eigenvalue weighted by Crippen LogP contribution is 1.88. The van der Waals surface area contributed by atoms with Gasteiger partial charge in [0.15, 0.2) is 0 Å². The second kappa shape index (κ2) is 4.78. The molecule has 58 valence electrons. The number of hydrogen-bond donors (Lipinski definition) is 0. The SMILES string of the molecule is CCOC(=O)N(C=O)CC. The predicted molar refractivity (Wildman–Crippen MR) is 35.5 cm³/mol. The van der Waals surface area contributed by atoms with E-state index in [1.54, 1.807) is 13.8 Å². The molecule has 0 radical (unpaired) electrons. The summed E-state index contributed by atoms with van der Waals surface area (Å²) in [5, 5.41) is 0. The summed E-state index contributed by atoms with van der Waals surface area (Å²) in [4.78, 5) is 21.7. The molecule has 0 aliphatic rings. The maximum absolute atomic E-state index is 10.7. The minimum Gasteiger partial charge on any atom is -0.449 e. The van der Waals surface area contributed by atoms with Crippen molar-refractivity contribution in [1.82, 2.24) is 4.90 Å². The van der Waals surface area contributed by atoms with Crippen molar-refractivity contribution in [3.63, 3.8) is 0 Å². The van der Waals surface area contributed by atoms with Crippen LogP contribution in [0.5, 0.6) is 0 Å². The highest BCUT2D eigenvalue weighted by atomic mass is 16.6. The van der Waals surface area contributed by atoms with Gasteiger partial charge in [-0.1, -0.05) is 0 Å². The van der Waals surface area contributed by atoms with E-state index in [4.69, 9.17) is 0 Å². The Balaban J connectivity index is 3.76. The number of imide groups is 1. The van der Waals surface area contributed by atoms with Gasteiger partial charge >= 0.3 is 6.09 Å². The van der Waals surface area contributed by atoms with Crippen LogP contribution in [0.15, 0.2) is 0 Å². The number of nitrogens with zero attached hydrogens (tertiary/aromatic N) is 1. The first-order chi connectivity index (χ1) is 4.76. The molecule has 0 N–H and O–H groups in total. The molecule has 0 bridgehead atoms. The van der Waals surface area contributed by atoms with Crippen LogP contribution in [-0.2, 0) is 9.53 Å². The Hall–Kier alpha value is -1.06. The van der Waals surface area contributed by atoms with Crippen LogP contribution in [0.1, 0.15) is 13.8 Å². The molecule has 0 saturated heterocycles. The zero-order valence-corrected chi connectivity index (χ0v) is 6.16. The molecule has 0 unspecified atom stereocenters. The molecule has 0 rings (SSSR count). The van der Waals surface area contributed by atoms with Gasteiger partial charge in [0.1, 0.15) is 0 Å². The molecular formula is C6H11NO3. The monoisotopic (exact) mass is 145 g/mol. The van der Waals surface area contributed by atoms with Crippen LogP contribution in [0, 0.1) is 0 Å². The molecule has 0 aromatic rings. The summed E-state index contributed by atoms with van der Waals surface area (Å²) in [5.74, 6) is 0. The van der Waals surface area contributed by atoms with Gasteiger partial charge in [-0.25, -0.2) is 4.79 Å². The third kappa shape index (κ3) is 2.48. The summed E-state index contributed by atoms with van der Waals surface area (Å²) < 4.78 is 4.54. The van der Waals surface area contributed by atoms with Gasteiger partial charge in [0, 0.05) is 6.54 Å². The molecule has 0 saturated carbocycles. The van der Waals surface area contributed by atoms with Crippen LogP contribution in [0.25, 0.3) is 0 Å². The first kappa shape index (κ1) is 8.94. The first-order valence-electron chi connectivity index (χ1n) is 3.14. The molecule has 0 aliphatic carbocycles. The molecule has 4 nitrogen and oxygen atoms in total. The highest BCUT2D eigenvalue weighted by Gasteiger charge is 2.09. The van der Waals surface area contributed by atoms with Crippen LogP contribution in [0.4, 0.5) is 4.79 Å². The normalized spacial score (nSPS) is 8.60.